The zero-order valence-electron chi connectivity index (χ0n) is 16.8. The summed E-state index contributed by atoms with van der Waals surface area (Å²) in [5.41, 5.74) is 0. The van der Waals surface area contributed by atoms with Gasteiger partial charge in [0, 0.05) is 0 Å². The molecule has 0 aliphatic heterocycles. The predicted octanol–water partition coefficient (Wildman–Crippen LogP) is 7.45. The Hall–Kier alpha value is -1.22. The molecular weight excluding hydrogens is 340 g/mol. The van der Waals surface area contributed by atoms with Gasteiger partial charge in [-0.3, -0.25) is 4.79 Å². The number of hydrogen-bond acceptors (Lipinski definition) is 2. The Morgan fingerprint density at radius 3 is 2.00 bits per heavy atom. The van der Waals surface area contributed by atoms with E-state index in [1.165, 1.54) is 32.1 Å². The van der Waals surface area contributed by atoms with Crippen LogP contribution in [0.15, 0.2) is 36.5 Å². The molecule has 0 aromatic rings. The van der Waals surface area contributed by atoms with Crippen molar-refractivity contribution in [3.05, 3.63) is 36.5 Å². The zero-order valence-corrected chi connectivity index (χ0v) is 17.6. The van der Waals surface area contributed by atoms with E-state index in [2.05, 4.69) is 43.4 Å². The highest BCUT2D eigenvalue weighted by atomic mass is 32.1. The maximum Gasteiger partial charge on any atom is 0.306 e. The maximum atomic E-state index is 11.2. The van der Waals surface area contributed by atoms with Crippen LogP contribution in [0.1, 0.15) is 90.9 Å². The first-order valence-electron chi connectivity index (χ1n) is 10.2. The minimum absolute atomic E-state index is 0.283. The summed E-state index contributed by atoms with van der Waals surface area (Å²) in [4.78, 5) is 12.0. The Morgan fingerprint density at radius 2 is 1.42 bits per heavy atom. The molecule has 0 aromatic heterocycles. The summed E-state index contributed by atoms with van der Waals surface area (Å²) in [6.07, 6.45) is 26.2. The van der Waals surface area contributed by atoms with Gasteiger partial charge in [-0.2, -0.15) is 0 Å². The van der Waals surface area contributed by atoms with Crippen LogP contribution in [0.4, 0.5) is 0 Å². The van der Waals surface area contributed by atoms with Crippen LogP contribution in [0, 0.1) is 5.92 Å². The van der Waals surface area contributed by atoms with E-state index in [1.807, 2.05) is 6.92 Å². The van der Waals surface area contributed by atoms with Crippen molar-refractivity contribution in [2.45, 2.75) is 90.9 Å². The van der Waals surface area contributed by atoms with Gasteiger partial charge in [-0.25, -0.2) is 0 Å². The second-order valence-corrected chi connectivity index (χ2v) is 7.63. The molecule has 1 atom stereocenters. The number of unbranched alkanes of at least 4 members (excludes halogenated alkanes) is 6. The Morgan fingerprint density at radius 1 is 0.885 bits per heavy atom. The molecule has 0 spiro atoms. The van der Waals surface area contributed by atoms with Gasteiger partial charge >= 0.3 is 5.97 Å². The molecule has 26 heavy (non-hydrogen) atoms. The summed E-state index contributed by atoms with van der Waals surface area (Å²) in [5.74, 6) is -0.984. The lowest BCUT2D eigenvalue weighted by Crippen LogP contribution is -2.16. The van der Waals surface area contributed by atoms with E-state index in [4.69, 9.17) is 12.2 Å². The molecule has 0 bridgehead atoms. The minimum atomic E-state index is -0.701. The lowest BCUT2D eigenvalue weighted by molar-refractivity contribution is -0.141. The van der Waals surface area contributed by atoms with E-state index in [0.29, 0.717) is 6.42 Å². The van der Waals surface area contributed by atoms with Crippen LogP contribution >= 0.6 is 12.2 Å². The highest BCUT2D eigenvalue weighted by Crippen LogP contribution is 2.17. The van der Waals surface area contributed by atoms with Crippen molar-refractivity contribution < 1.29 is 9.90 Å². The van der Waals surface area contributed by atoms with Crippen LogP contribution in [0.3, 0.4) is 0 Å². The van der Waals surface area contributed by atoms with Crippen molar-refractivity contribution in [2.75, 3.05) is 0 Å². The van der Waals surface area contributed by atoms with Gasteiger partial charge in [0.2, 0.25) is 0 Å². The van der Waals surface area contributed by atoms with Crippen molar-refractivity contribution in [3.63, 3.8) is 0 Å². The average molecular weight is 379 g/mol. The van der Waals surface area contributed by atoms with Crippen LogP contribution in [0.2, 0.25) is 0 Å². The fourth-order valence-corrected chi connectivity index (χ4v) is 3.05. The molecule has 3 heteroatoms. The highest BCUT2D eigenvalue weighted by Gasteiger charge is 2.17. The van der Waals surface area contributed by atoms with Gasteiger partial charge < -0.3 is 5.11 Å². The fourth-order valence-electron chi connectivity index (χ4n) is 2.85. The molecule has 1 unspecified atom stereocenters. The number of rotatable bonds is 17. The summed E-state index contributed by atoms with van der Waals surface area (Å²) < 4.78 is 0. The third-order valence-electron chi connectivity index (χ3n) is 4.34. The predicted molar refractivity (Wildman–Crippen MR) is 118 cm³/mol. The van der Waals surface area contributed by atoms with Crippen molar-refractivity contribution in [1.29, 1.82) is 0 Å². The molecule has 0 heterocycles. The van der Waals surface area contributed by atoms with E-state index in [1.54, 1.807) is 0 Å². The van der Waals surface area contributed by atoms with Gasteiger partial charge in [0.1, 0.15) is 0 Å². The highest BCUT2D eigenvalue weighted by molar-refractivity contribution is 7.80. The van der Waals surface area contributed by atoms with E-state index < -0.39 is 5.97 Å². The second-order valence-electron chi connectivity index (χ2n) is 6.93. The van der Waals surface area contributed by atoms with Gasteiger partial charge in [0.05, 0.1) is 5.92 Å². The normalized spacial score (nSPS) is 13.2. The number of aliphatic carboxylic acids is 1. The standard InChI is InChI=1S/C23H38O2S/c1-3-4-5-6-7-8-9-10-11-12-13-14-15-16-17-18-19-22(23(24)25)20-21(2)26/h4-5,7-8,10-11,22H,3,6,9,12-20H2,1-2H3,(H,24,25)/b5-4-,8-7-,11-10-. The summed E-state index contributed by atoms with van der Waals surface area (Å²) >= 11 is 5.03. The Bertz CT molecular complexity index is 449. The van der Waals surface area contributed by atoms with Crippen molar-refractivity contribution in [1.82, 2.24) is 0 Å². The zero-order chi connectivity index (χ0) is 19.5. The molecule has 148 valence electrons. The fraction of sp³-hybridized carbons (Fsp3) is 0.652. The summed E-state index contributed by atoms with van der Waals surface area (Å²) in [5, 5.41) is 9.17. The number of carboxylic acid groups (broad SMARTS) is 1. The summed E-state index contributed by atoms with van der Waals surface area (Å²) in [7, 11) is 0. The number of carbonyl (C=O) groups is 1. The second kappa shape index (κ2) is 18.6. The van der Waals surface area contributed by atoms with Gasteiger partial charge in [0.25, 0.3) is 0 Å². The van der Waals surface area contributed by atoms with Gasteiger partial charge in [-0.05, 0) is 56.7 Å². The number of hydrogen-bond donors (Lipinski definition) is 1. The number of thiocarbonyl (C=S) groups is 1. The molecule has 0 rings (SSSR count). The third-order valence-corrected chi connectivity index (χ3v) is 4.50. The molecular formula is C23H38O2S. The van der Waals surface area contributed by atoms with Gasteiger partial charge in [-0.1, -0.05) is 87.7 Å². The first-order chi connectivity index (χ1) is 12.6. The molecule has 0 saturated heterocycles. The van der Waals surface area contributed by atoms with E-state index in [-0.39, 0.29) is 5.92 Å². The Balaban J connectivity index is 3.47. The topological polar surface area (TPSA) is 37.3 Å². The summed E-state index contributed by atoms with van der Waals surface area (Å²) in [6.45, 7) is 3.99. The van der Waals surface area contributed by atoms with Crippen LogP contribution in [0.25, 0.3) is 0 Å². The monoisotopic (exact) mass is 378 g/mol. The van der Waals surface area contributed by atoms with Crippen LogP contribution in [-0.4, -0.2) is 15.9 Å². The lowest BCUT2D eigenvalue weighted by atomic mass is 9.96. The number of carboxylic acids is 1. The third kappa shape index (κ3) is 17.6. The lowest BCUT2D eigenvalue weighted by Gasteiger charge is -2.11. The molecule has 1 N–H and O–H groups in total. The van der Waals surface area contributed by atoms with Crippen LogP contribution < -0.4 is 0 Å². The van der Waals surface area contributed by atoms with Crippen LogP contribution in [0.5, 0.6) is 0 Å². The quantitative estimate of drug-likeness (QED) is 0.162. The van der Waals surface area contributed by atoms with E-state index in [0.717, 1.165) is 43.4 Å². The molecule has 0 fully saturated rings. The largest absolute Gasteiger partial charge is 0.481 e. The SMILES string of the molecule is CC/C=C\C/C=C\C/C=C\CCCCCCCCC(CC(C)=S)C(=O)O. The van der Waals surface area contributed by atoms with Crippen LogP contribution in [-0.2, 0) is 4.79 Å². The smallest absolute Gasteiger partial charge is 0.306 e. The molecule has 0 aliphatic rings. The van der Waals surface area contributed by atoms with E-state index in [9.17, 15) is 9.90 Å². The van der Waals surface area contributed by atoms with Crippen molar-refractivity contribution in [3.8, 4) is 0 Å². The molecule has 0 amide bonds. The molecule has 0 saturated carbocycles. The molecule has 0 aromatic carbocycles. The molecule has 0 radical (unpaired) electrons. The number of allylic oxidation sites excluding steroid dienone is 6. The molecule has 2 nitrogen and oxygen atoms in total. The average Bonchev–Trinajstić information content (AvgIpc) is 2.59. The van der Waals surface area contributed by atoms with Gasteiger partial charge in [-0.15, -0.1) is 0 Å². The van der Waals surface area contributed by atoms with Crippen molar-refractivity contribution in [2.24, 2.45) is 5.92 Å². The van der Waals surface area contributed by atoms with Gasteiger partial charge in [0.15, 0.2) is 0 Å². The Labute approximate surface area is 166 Å². The minimum Gasteiger partial charge on any atom is -0.481 e. The molecule has 0 aliphatic carbocycles. The maximum absolute atomic E-state index is 11.2. The first kappa shape index (κ1) is 24.8. The van der Waals surface area contributed by atoms with Crippen molar-refractivity contribution >= 4 is 23.1 Å². The summed E-state index contributed by atoms with van der Waals surface area (Å²) in [6, 6.07) is 0. The first-order valence-corrected chi connectivity index (χ1v) is 10.7. The van der Waals surface area contributed by atoms with E-state index >= 15 is 0 Å². The Kier molecular flexibility index (Phi) is 17.7.